The molecule has 0 spiro atoms. The van der Waals surface area contributed by atoms with Crippen LogP contribution in [0, 0.1) is 16.7 Å². The Hall–Kier alpha value is -0.730. The van der Waals surface area contributed by atoms with Crippen LogP contribution in [-0.4, -0.2) is 62.6 Å². The molecule has 9 atom stereocenters. The van der Waals surface area contributed by atoms with E-state index in [1.807, 2.05) is 0 Å². The smallest absolute Gasteiger partial charge is 0.335 e. The molecule has 0 radical (unpaired) electrons. The van der Waals surface area contributed by atoms with Crippen molar-refractivity contribution < 1.29 is 38.2 Å². The molecule has 0 aromatic rings. The van der Waals surface area contributed by atoms with Crippen molar-refractivity contribution in [1.29, 1.82) is 0 Å². The van der Waals surface area contributed by atoms with Gasteiger partial charge in [0.25, 0.3) is 0 Å². The highest BCUT2D eigenvalue weighted by molar-refractivity contribution is 5.73. The number of aliphatic hydroxyl groups excluding tert-OH is 3. The van der Waals surface area contributed by atoms with Crippen LogP contribution >= 0.6 is 0 Å². The Balaban J connectivity index is 1.70. The minimum atomic E-state index is -2.39. The molecule has 7 nitrogen and oxygen atoms in total. The van der Waals surface area contributed by atoms with Crippen molar-refractivity contribution in [3.05, 3.63) is 0 Å². The minimum Gasteiger partial charge on any atom is -0.479 e. The van der Waals surface area contributed by atoms with Gasteiger partial charge in [-0.25, -0.2) is 4.79 Å². The average molecular weight is 361 g/mol. The third kappa shape index (κ3) is 2.80. The van der Waals surface area contributed by atoms with Crippen LogP contribution in [0.25, 0.3) is 0 Å². The predicted octanol–water partition coefficient (Wildman–Crippen LogP) is 0.217. The summed E-state index contributed by atoms with van der Waals surface area (Å²) >= 11 is 0. The van der Waals surface area contributed by atoms with E-state index in [-0.39, 0.29) is 25.2 Å². The molecular weight excluding hydrogens is 326 g/mol. The molecule has 0 aromatic heterocycles. The van der Waals surface area contributed by atoms with Crippen LogP contribution in [0.1, 0.15) is 60.5 Å². The first-order valence-electron chi connectivity index (χ1n) is 11.7. The van der Waals surface area contributed by atoms with E-state index in [1.165, 1.54) is 0 Å². The number of aliphatic carboxylic acids is 1. The second-order valence-corrected chi connectivity index (χ2v) is 8.78. The zero-order valence-corrected chi connectivity index (χ0v) is 13.8. The summed E-state index contributed by atoms with van der Waals surface area (Å²) < 4.78 is 54.5. The molecule has 5 N–H and O–H groups in total. The lowest BCUT2D eigenvalue weighted by Gasteiger charge is -2.66. The molecule has 4 bridgehead atoms. The number of rotatable bonds is 3. The fourth-order valence-corrected chi connectivity index (χ4v) is 6.10. The minimum absolute atomic E-state index is 0.0557. The molecule has 4 saturated carbocycles. The summed E-state index contributed by atoms with van der Waals surface area (Å²) in [5.41, 5.74) is -3.44. The lowest BCUT2D eigenvalue weighted by Crippen LogP contribution is -2.71. The molecule has 5 rings (SSSR count). The summed E-state index contributed by atoms with van der Waals surface area (Å²) in [6, 6.07) is 0. The van der Waals surface area contributed by atoms with Crippen LogP contribution in [0.15, 0.2) is 0 Å². The van der Waals surface area contributed by atoms with Gasteiger partial charge in [-0.15, -0.1) is 0 Å². The van der Waals surface area contributed by atoms with E-state index < -0.39 is 66.7 Å². The SMILES string of the molecule is [2H]C([2H])([2H])[C@@]12CC3CC(N[C@@H]4O[C@H](C(=O)O)[C@@H](O)[C@H](O)[C@H]4O)(C1)C[C@](C([2H])([2H])[2H])(C3)C2. The molecule has 7 heteroatoms. The molecular formula is C18H29NO6. The Morgan fingerprint density at radius 1 is 1.04 bits per heavy atom. The van der Waals surface area contributed by atoms with Crippen LogP contribution in [-0.2, 0) is 9.53 Å². The highest BCUT2D eigenvalue weighted by Gasteiger charge is 2.61. The number of ether oxygens (including phenoxy) is 1. The summed E-state index contributed by atoms with van der Waals surface area (Å²) in [6.07, 6.45) is -6.95. The van der Waals surface area contributed by atoms with Gasteiger partial charge in [-0.3, -0.25) is 5.32 Å². The van der Waals surface area contributed by atoms with Crippen molar-refractivity contribution in [2.45, 2.75) is 88.4 Å². The van der Waals surface area contributed by atoms with Gasteiger partial charge in [0.2, 0.25) is 0 Å². The predicted molar refractivity (Wildman–Crippen MR) is 87.6 cm³/mol. The summed E-state index contributed by atoms with van der Waals surface area (Å²) in [7, 11) is 0. The molecule has 0 aromatic carbocycles. The molecule has 1 aliphatic heterocycles. The van der Waals surface area contributed by atoms with Gasteiger partial charge < -0.3 is 25.2 Å². The maximum absolute atomic E-state index is 11.4. The molecule has 25 heavy (non-hydrogen) atoms. The first-order chi connectivity index (χ1) is 14.0. The quantitative estimate of drug-likeness (QED) is 0.488. The topological polar surface area (TPSA) is 119 Å². The molecule has 4 aliphatic carbocycles. The number of hydrogen-bond donors (Lipinski definition) is 5. The summed E-state index contributed by atoms with van der Waals surface area (Å²) in [5, 5.41) is 42.9. The van der Waals surface area contributed by atoms with Crippen LogP contribution in [0.4, 0.5) is 0 Å². The van der Waals surface area contributed by atoms with E-state index in [0.29, 0.717) is 19.3 Å². The second-order valence-electron chi connectivity index (χ2n) is 8.78. The average Bonchev–Trinajstić information content (AvgIpc) is 2.59. The Morgan fingerprint density at radius 2 is 1.68 bits per heavy atom. The van der Waals surface area contributed by atoms with Gasteiger partial charge in [0, 0.05) is 13.8 Å². The zero-order valence-electron chi connectivity index (χ0n) is 19.8. The monoisotopic (exact) mass is 361 g/mol. The fourth-order valence-electron chi connectivity index (χ4n) is 6.10. The van der Waals surface area contributed by atoms with Crippen LogP contribution in [0.2, 0.25) is 0 Å². The van der Waals surface area contributed by atoms with Crippen molar-refractivity contribution in [2.24, 2.45) is 16.7 Å². The van der Waals surface area contributed by atoms with Crippen LogP contribution < -0.4 is 5.32 Å². The third-order valence-electron chi connectivity index (χ3n) is 6.37. The second kappa shape index (κ2) is 5.39. The summed E-state index contributed by atoms with van der Waals surface area (Å²) in [5.74, 6) is -1.68. The first-order valence-corrected chi connectivity index (χ1v) is 8.74. The summed E-state index contributed by atoms with van der Waals surface area (Å²) in [4.78, 5) is 11.4. The number of aliphatic hydroxyl groups is 3. The van der Waals surface area contributed by atoms with Crippen molar-refractivity contribution in [3.63, 3.8) is 0 Å². The number of carboxylic acid groups (broad SMARTS) is 1. The standard InChI is InChI=1S/C18H29NO6/c1-16-3-9-4-17(2,6-16)8-18(5-9,7-16)19-14-12(22)10(20)11(21)13(25-14)15(23)24/h9-14,19-22H,3-8H2,1-2H3,(H,23,24)/t9?,10-,11-,12+,13-,14+,16-,17+,18?/m0/s1/i1D3,2D3. The van der Waals surface area contributed by atoms with Gasteiger partial charge in [0.05, 0.1) is 0 Å². The molecule has 1 heterocycles. The Morgan fingerprint density at radius 3 is 2.24 bits per heavy atom. The fraction of sp³-hybridized carbons (Fsp3) is 0.944. The highest BCUT2D eigenvalue weighted by atomic mass is 16.6. The van der Waals surface area contributed by atoms with E-state index >= 15 is 0 Å². The number of hydrogen-bond acceptors (Lipinski definition) is 6. The van der Waals surface area contributed by atoms with E-state index in [9.17, 15) is 25.2 Å². The molecule has 142 valence electrons. The lowest BCUT2D eigenvalue weighted by atomic mass is 9.42. The van der Waals surface area contributed by atoms with Gasteiger partial charge >= 0.3 is 5.97 Å². The highest BCUT2D eigenvalue weighted by Crippen LogP contribution is 2.66. The Bertz CT molecular complexity index is 729. The van der Waals surface area contributed by atoms with Gasteiger partial charge in [0.1, 0.15) is 24.5 Å². The molecule has 1 saturated heterocycles. The largest absolute Gasteiger partial charge is 0.479 e. The Labute approximate surface area is 155 Å². The number of carbonyl (C=O) groups is 1. The molecule has 0 amide bonds. The van der Waals surface area contributed by atoms with Crippen LogP contribution in [0.5, 0.6) is 0 Å². The van der Waals surface area contributed by atoms with E-state index in [0.717, 1.165) is 0 Å². The molecule has 5 aliphatic rings. The lowest BCUT2D eigenvalue weighted by molar-refractivity contribution is -0.245. The van der Waals surface area contributed by atoms with Gasteiger partial charge in [-0.2, -0.15) is 0 Å². The number of carboxylic acids is 1. The van der Waals surface area contributed by atoms with E-state index in [1.54, 1.807) is 0 Å². The van der Waals surface area contributed by atoms with E-state index in [2.05, 4.69) is 5.32 Å². The summed E-state index contributed by atoms with van der Waals surface area (Å²) in [6.45, 7) is -4.78. The van der Waals surface area contributed by atoms with Crippen molar-refractivity contribution in [1.82, 2.24) is 5.32 Å². The number of nitrogens with one attached hydrogen (secondary N) is 1. The van der Waals surface area contributed by atoms with Gasteiger partial charge in [0.15, 0.2) is 6.10 Å². The molecule has 5 fully saturated rings. The van der Waals surface area contributed by atoms with Crippen molar-refractivity contribution in [3.8, 4) is 0 Å². The zero-order chi connectivity index (χ0) is 23.2. The Kier molecular flexibility index (Phi) is 2.56. The molecule has 2 unspecified atom stereocenters. The van der Waals surface area contributed by atoms with Crippen molar-refractivity contribution >= 4 is 5.97 Å². The van der Waals surface area contributed by atoms with Gasteiger partial charge in [-0.1, -0.05) is 13.7 Å². The van der Waals surface area contributed by atoms with Gasteiger partial charge in [-0.05, 0) is 55.3 Å². The normalized spacial score (nSPS) is 62.2. The van der Waals surface area contributed by atoms with Crippen molar-refractivity contribution in [2.75, 3.05) is 0 Å². The maximum atomic E-state index is 11.4. The maximum Gasteiger partial charge on any atom is 0.335 e. The van der Waals surface area contributed by atoms with E-state index in [4.69, 9.17) is 13.0 Å². The van der Waals surface area contributed by atoms with Crippen LogP contribution in [0.3, 0.4) is 0 Å². The first kappa shape index (κ1) is 11.9. The third-order valence-corrected chi connectivity index (χ3v) is 6.37.